The zero-order valence-electron chi connectivity index (χ0n) is 21.1. The van der Waals surface area contributed by atoms with Gasteiger partial charge < -0.3 is 28.4 Å². The number of carbonyl (C=O) groups is 2. The van der Waals surface area contributed by atoms with Gasteiger partial charge in [-0.1, -0.05) is 24.3 Å². The fourth-order valence-corrected chi connectivity index (χ4v) is 3.86. The summed E-state index contributed by atoms with van der Waals surface area (Å²) in [5.41, 5.74) is 1.55. The van der Waals surface area contributed by atoms with Gasteiger partial charge in [0.25, 0.3) is 5.91 Å². The molecular weight excluding hydrogens is 460 g/mol. The molecule has 1 aromatic heterocycles. The summed E-state index contributed by atoms with van der Waals surface area (Å²) in [7, 11) is 4.81. The monoisotopic (exact) mass is 494 g/mol. The van der Waals surface area contributed by atoms with Gasteiger partial charge in [-0.15, -0.1) is 0 Å². The van der Waals surface area contributed by atoms with Crippen molar-refractivity contribution in [2.75, 3.05) is 47.6 Å². The zero-order valence-corrected chi connectivity index (χ0v) is 21.1. The Morgan fingerprint density at radius 3 is 2.31 bits per heavy atom. The van der Waals surface area contributed by atoms with Crippen LogP contribution < -0.4 is 9.47 Å². The van der Waals surface area contributed by atoms with Crippen LogP contribution in [-0.4, -0.2) is 69.2 Å². The minimum Gasteiger partial charge on any atom is -0.493 e. The van der Waals surface area contributed by atoms with Crippen LogP contribution in [0.3, 0.4) is 0 Å². The summed E-state index contributed by atoms with van der Waals surface area (Å²) in [5, 5.41) is 0. The molecule has 2 amide bonds. The highest BCUT2D eigenvalue weighted by Crippen LogP contribution is 2.27. The number of ether oxygens (including phenoxy) is 3. The summed E-state index contributed by atoms with van der Waals surface area (Å²) < 4.78 is 21.4. The Labute approximate surface area is 212 Å². The number of furan rings is 1. The molecule has 0 radical (unpaired) electrons. The maximum absolute atomic E-state index is 13.5. The van der Waals surface area contributed by atoms with E-state index in [1.165, 1.54) is 0 Å². The predicted molar refractivity (Wildman–Crippen MR) is 136 cm³/mol. The van der Waals surface area contributed by atoms with Crippen LogP contribution in [0.5, 0.6) is 11.5 Å². The van der Waals surface area contributed by atoms with Crippen molar-refractivity contribution in [2.24, 2.45) is 0 Å². The highest BCUT2D eigenvalue weighted by atomic mass is 16.5. The molecular formula is C28H34N2O6. The summed E-state index contributed by atoms with van der Waals surface area (Å²) in [6, 6.07) is 18.3. The summed E-state index contributed by atoms with van der Waals surface area (Å²) >= 11 is 0. The summed E-state index contributed by atoms with van der Waals surface area (Å²) in [4.78, 5) is 30.0. The van der Waals surface area contributed by atoms with Crippen LogP contribution in [-0.2, 0) is 22.5 Å². The number of rotatable bonds is 14. The molecule has 0 atom stereocenters. The van der Waals surface area contributed by atoms with E-state index >= 15 is 0 Å². The van der Waals surface area contributed by atoms with Crippen LogP contribution in [0.25, 0.3) is 0 Å². The highest BCUT2D eigenvalue weighted by Gasteiger charge is 2.23. The lowest BCUT2D eigenvalue weighted by Gasteiger charge is -2.27. The van der Waals surface area contributed by atoms with Gasteiger partial charge in [-0.05, 0) is 54.8 Å². The van der Waals surface area contributed by atoms with Crippen LogP contribution in [0.15, 0.2) is 71.3 Å². The van der Waals surface area contributed by atoms with Gasteiger partial charge in [0.2, 0.25) is 5.91 Å². The van der Waals surface area contributed by atoms with Crippen molar-refractivity contribution in [1.29, 1.82) is 0 Å². The molecule has 0 aliphatic carbocycles. The second-order valence-corrected chi connectivity index (χ2v) is 8.27. The predicted octanol–water partition coefficient (Wildman–Crippen LogP) is 4.05. The Hall–Kier alpha value is -3.78. The largest absolute Gasteiger partial charge is 0.493 e. The molecule has 3 rings (SSSR count). The Balaban J connectivity index is 1.75. The number of amides is 2. The number of hydrogen-bond donors (Lipinski definition) is 0. The lowest BCUT2D eigenvalue weighted by Crippen LogP contribution is -2.44. The summed E-state index contributed by atoms with van der Waals surface area (Å²) in [6.07, 6.45) is 2.82. The number of hydrogen-bond acceptors (Lipinski definition) is 6. The van der Waals surface area contributed by atoms with E-state index in [1.54, 1.807) is 55.6 Å². The van der Waals surface area contributed by atoms with Gasteiger partial charge in [0.15, 0.2) is 11.5 Å². The Morgan fingerprint density at radius 1 is 0.861 bits per heavy atom. The van der Waals surface area contributed by atoms with E-state index in [4.69, 9.17) is 18.6 Å². The molecule has 0 N–H and O–H groups in total. The van der Waals surface area contributed by atoms with E-state index in [1.807, 2.05) is 42.5 Å². The first-order valence-electron chi connectivity index (χ1n) is 11.9. The van der Waals surface area contributed by atoms with E-state index in [0.29, 0.717) is 61.9 Å². The molecule has 8 heteroatoms. The van der Waals surface area contributed by atoms with Crippen molar-refractivity contribution in [2.45, 2.75) is 19.4 Å². The van der Waals surface area contributed by atoms with E-state index < -0.39 is 0 Å². The van der Waals surface area contributed by atoms with Crippen LogP contribution >= 0.6 is 0 Å². The van der Waals surface area contributed by atoms with E-state index in [-0.39, 0.29) is 18.4 Å². The van der Waals surface area contributed by atoms with Gasteiger partial charge in [0.05, 0.1) is 27.0 Å². The van der Waals surface area contributed by atoms with Crippen LogP contribution in [0.2, 0.25) is 0 Å². The first-order chi connectivity index (χ1) is 17.5. The third-order valence-electron chi connectivity index (χ3n) is 5.81. The molecule has 1 heterocycles. The Kier molecular flexibility index (Phi) is 10.4. The summed E-state index contributed by atoms with van der Waals surface area (Å²) in [6.45, 7) is 1.63. The molecule has 192 valence electrons. The fraction of sp³-hybridized carbons (Fsp3) is 0.357. The molecule has 0 saturated heterocycles. The molecule has 2 aromatic carbocycles. The average molecular weight is 495 g/mol. The first kappa shape index (κ1) is 26.8. The maximum Gasteiger partial charge on any atom is 0.254 e. The fourth-order valence-electron chi connectivity index (χ4n) is 3.86. The lowest BCUT2D eigenvalue weighted by molar-refractivity contribution is -0.132. The molecule has 0 aliphatic rings. The molecule has 0 aliphatic heterocycles. The van der Waals surface area contributed by atoms with Gasteiger partial charge in [-0.25, -0.2) is 0 Å². The van der Waals surface area contributed by atoms with Gasteiger partial charge in [-0.3, -0.25) is 9.59 Å². The molecule has 8 nitrogen and oxygen atoms in total. The molecule has 0 unspecified atom stereocenters. The number of carbonyl (C=O) groups excluding carboxylic acids is 2. The molecule has 0 spiro atoms. The lowest BCUT2D eigenvalue weighted by atomic mass is 10.1. The number of benzene rings is 2. The Bertz CT molecular complexity index is 1080. The van der Waals surface area contributed by atoms with Crippen LogP contribution in [0, 0.1) is 0 Å². The van der Waals surface area contributed by atoms with Crippen molar-refractivity contribution in [3.05, 3.63) is 83.8 Å². The first-order valence-corrected chi connectivity index (χ1v) is 11.9. The third-order valence-corrected chi connectivity index (χ3v) is 5.81. The van der Waals surface area contributed by atoms with Crippen molar-refractivity contribution in [3.63, 3.8) is 0 Å². The van der Waals surface area contributed by atoms with Crippen molar-refractivity contribution >= 4 is 11.8 Å². The number of methoxy groups -OCH3 is 3. The second kappa shape index (κ2) is 13.9. The van der Waals surface area contributed by atoms with E-state index in [9.17, 15) is 9.59 Å². The minimum atomic E-state index is -0.183. The van der Waals surface area contributed by atoms with Crippen LogP contribution in [0.4, 0.5) is 0 Å². The van der Waals surface area contributed by atoms with Gasteiger partial charge in [0.1, 0.15) is 12.3 Å². The normalized spacial score (nSPS) is 10.6. The van der Waals surface area contributed by atoms with Crippen molar-refractivity contribution < 1.29 is 28.2 Å². The van der Waals surface area contributed by atoms with E-state index in [0.717, 1.165) is 5.56 Å². The number of nitrogens with zero attached hydrogens (tertiary/aromatic N) is 2. The maximum atomic E-state index is 13.5. The zero-order chi connectivity index (χ0) is 25.8. The standard InChI is InChI=1S/C28H34N2O6/c1-33-17-8-15-30(28(32)23-9-5-4-6-10-23)21-27(31)29(20-24-11-7-18-36-24)16-14-22-12-13-25(34-2)26(19-22)35-3/h4-7,9-13,18-19H,8,14-17,20-21H2,1-3H3. The van der Waals surface area contributed by atoms with Crippen molar-refractivity contribution in [3.8, 4) is 11.5 Å². The minimum absolute atomic E-state index is 0.0376. The van der Waals surface area contributed by atoms with Crippen molar-refractivity contribution in [1.82, 2.24) is 9.80 Å². The Morgan fingerprint density at radius 2 is 1.64 bits per heavy atom. The molecule has 0 fully saturated rings. The van der Waals surface area contributed by atoms with E-state index in [2.05, 4.69) is 0 Å². The summed E-state index contributed by atoms with van der Waals surface area (Å²) in [5.74, 6) is 1.62. The van der Waals surface area contributed by atoms with Gasteiger partial charge in [0, 0.05) is 32.4 Å². The SMILES string of the molecule is COCCCN(CC(=O)N(CCc1ccc(OC)c(OC)c1)Cc1ccco1)C(=O)c1ccccc1. The molecule has 0 saturated carbocycles. The molecule has 36 heavy (non-hydrogen) atoms. The van der Waals surface area contributed by atoms with Gasteiger partial charge >= 0.3 is 0 Å². The molecule has 0 bridgehead atoms. The second-order valence-electron chi connectivity index (χ2n) is 8.27. The smallest absolute Gasteiger partial charge is 0.254 e. The van der Waals surface area contributed by atoms with Gasteiger partial charge in [-0.2, -0.15) is 0 Å². The third kappa shape index (κ3) is 7.61. The van der Waals surface area contributed by atoms with Crippen LogP contribution in [0.1, 0.15) is 28.1 Å². The highest BCUT2D eigenvalue weighted by molar-refractivity contribution is 5.96. The molecule has 3 aromatic rings. The quantitative estimate of drug-likeness (QED) is 0.315. The average Bonchev–Trinajstić information content (AvgIpc) is 3.43. The topological polar surface area (TPSA) is 81.5 Å².